The molecule has 0 aliphatic carbocycles. The number of ether oxygens (including phenoxy) is 1. The summed E-state index contributed by atoms with van der Waals surface area (Å²) >= 11 is 0. The van der Waals surface area contributed by atoms with Gasteiger partial charge in [-0.2, -0.15) is 5.26 Å². The van der Waals surface area contributed by atoms with E-state index in [4.69, 9.17) is 4.74 Å². The molecule has 0 unspecified atom stereocenters. The monoisotopic (exact) mass is 325 g/mol. The van der Waals surface area contributed by atoms with Crippen molar-refractivity contribution in [2.45, 2.75) is 39.8 Å². The van der Waals surface area contributed by atoms with E-state index in [1.165, 1.54) is 4.57 Å². The SMILES string of the molecule is Cc1cc(C)cc(OCCn2c(=O)c(C#N)c3n(c2=O)CCC3)c1. The summed E-state index contributed by atoms with van der Waals surface area (Å²) in [5.41, 5.74) is 1.96. The van der Waals surface area contributed by atoms with E-state index in [1.807, 2.05) is 38.1 Å². The molecule has 0 amide bonds. The predicted octanol–water partition coefficient (Wildman–Crippen LogP) is 1.52. The van der Waals surface area contributed by atoms with Crippen molar-refractivity contribution in [3.8, 4) is 11.8 Å². The van der Waals surface area contributed by atoms with Gasteiger partial charge in [0.25, 0.3) is 5.56 Å². The fourth-order valence-corrected chi connectivity index (χ4v) is 3.22. The van der Waals surface area contributed by atoms with E-state index < -0.39 is 5.56 Å². The zero-order valence-corrected chi connectivity index (χ0v) is 13.8. The zero-order chi connectivity index (χ0) is 17.3. The van der Waals surface area contributed by atoms with Crippen LogP contribution in [0.5, 0.6) is 5.75 Å². The van der Waals surface area contributed by atoms with Crippen LogP contribution in [0.25, 0.3) is 0 Å². The number of nitrogens with zero attached hydrogens (tertiary/aromatic N) is 3. The van der Waals surface area contributed by atoms with Gasteiger partial charge in [0.15, 0.2) is 0 Å². The maximum atomic E-state index is 12.5. The summed E-state index contributed by atoms with van der Waals surface area (Å²) in [4.78, 5) is 24.9. The van der Waals surface area contributed by atoms with Crippen LogP contribution in [0.1, 0.15) is 28.8 Å². The minimum absolute atomic E-state index is 0.0819. The van der Waals surface area contributed by atoms with Gasteiger partial charge in [-0.05, 0) is 49.9 Å². The largest absolute Gasteiger partial charge is 0.492 e. The minimum Gasteiger partial charge on any atom is -0.492 e. The summed E-state index contributed by atoms with van der Waals surface area (Å²) < 4.78 is 8.33. The van der Waals surface area contributed by atoms with Crippen LogP contribution in [-0.4, -0.2) is 15.7 Å². The van der Waals surface area contributed by atoms with Crippen LogP contribution in [0.2, 0.25) is 0 Å². The number of hydrogen-bond donors (Lipinski definition) is 0. The Kier molecular flexibility index (Phi) is 4.26. The maximum absolute atomic E-state index is 12.5. The molecule has 3 rings (SSSR count). The van der Waals surface area contributed by atoms with Crippen LogP contribution in [0.3, 0.4) is 0 Å². The Morgan fingerprint density at radius 2 is 1.92 bits per heavy atom. The molecular formula is C18H19N3O3. The van der Waals surface area contributed by atoms with E-state index in [0.717, 1.165) is 22.1 Å². The molecule has 124 valence electrons. The number of hydrogen-bond acceptors (Lipinski definition) is 4. The molecule has 1 aromatic heterocycles. The number of benzene rings is 1. The van der Waals surface area contributed by atoms with Crippen molar-refractivity contribution in [3.63, 3.8) is 0 Å². The number of fused-ring (bicyclic) bond motifs is 1. The number of rotatable bonds is 4. The van der Waals surface area contributed by atoms with Crippen molar-refractivity contribution >= 4 is 0 Å². The molecule has 0 spiro atoms. The summed E-state index contributed by atoms with van der Waals surface area (Å²) in [6, 6.07) is 7.82. The molecule has 6 heteroatoms. The van der Waals surface area contributed by atoms with Gasteiger partial charge < -0.3 is 4.74 Å². The molecule has 0 fully saturated rings. The molecule has 6 nitrogen and oxygen atoms in total. The zero-order valence-electron chi connectivity index (χ0n) is 13.8. The summed E-state index contributed by atoms with van der Waals surface area (Å²) in [5, 5.41) is 9.25. The first kappa shape index (κ1) is 16.1. The highest BCUT2D eigenvalue weighted by molar-refractivity contribution is 5.34. The Labute approximate surface area is 139 Å². The standard InChI is InChI=1S/C18H19N3O3/c1-12-8-13(2)10-14(9-12)24-7-6-21-17(22)15(11-19)16-4-3-5-20(16)18(21)23/h8-10H,3-7H2,1-2H3. The third-order valence-electron chi connectivity index (χ3n) is 4.22. The lowest BCUT2D eigenvalue weighted by atomic mass is 10.1. The van der Waals surface area contributed by atoms with Crippen molar-refractivity contribution < 1.29 is 4.74 Å². The third kappa shape index (κ3) is 2.85. The molecule has 0 bridgehead atoms. The van der Waals surface area contributed by atoms with Crippen molar-refractivity contribution in [3.05, 3.63) is 61.4 Å². The van der Waals surface area contributed by atoms with Crippen LogP contribution >= 0.6 is 0 Å². The highest BCUT2D eigenvalue weighted by Crippen LogP contribution is 2.16. The van der Waals surface area contributed by atoms with Gasteiger partial charge in [0.2, 0.25) is 0 Å². The Balaban J connectivity index is 1.85. The van der Waals surface area contributed by atoms with Crippen molar-refractivity contribution in [2.75, 3.05) is 6.61 Å². The molecular weight excluding hydrogens is 306 g/mol. The number of nitriles is 1. The molecule has 2 heterocycles. The first-order valence-corrected chi connectivity index (χ1v) is 7.99. The van der Waals surface area contributed by atoms with Crippen LogP contribution in [0.15, 0.2) is 27.8 Å². The van der Waals surface area contributed by atoms with E-state index in [9.17, 15) is 14.9 Å². The van der Waals surface area contributed by atoms with Crippen molar-refractivity contribution in [2.24, 2.45) is 0 Å². The van der Waals surface area contributed by atoms with Gasteiger partial charge in [0.05, 0.1) is 6.54 Å². The van der Waals surface area contributed by atoms with E-state index >= 15 is 0 Å². The van der Waals surface area contributed by atoms with Gasteiger partial charge in [-0.1, -0.05) is 6.07 Å². The second-order valence-corrected chi connectivity index (χ2v) is 6.10. The Bertz CT molecular complexity index is 927. The summed E-state index contributed by atoms with van der Waals surface area (Å²) in [7, 11) is 0. The van der Waals surface area contributed by atoms with E-state index in [2.05, 4.69) is 0 Å². The molecule has 1 aliphatic rings. The molecule has 1 aromatic carbocycles. The van der Waals surface area contributed by atoms with Gasteiger partial charge in [-0.25, -0.2) is 4.79 Å². The number of aryl methyl sites for hydroxylation is 2. The van der Waals surface area contributed by atoms with Gasteiger partial charge >= 0.3 is 5.69 Å². The summed E-state index contributed by atoms with van der Waals surface area (Å²) in [6.45, 7) is 4.84. The average Bonchev–Trinajstić information content (AvgIpc) is 2.99. The predicted molar refractivity (Wildman–Crippen MR) is 89.4 cm³/mol. The highest BCUT2D eigenvalue weighted by atomic mass is 16.5. The third-order valence-corrected chi connectivity index (χ3v) is 4.22. The first-order chi connectivity index (χ1) is 11.5. The van der Waals surface area contributed by atoms with Crippen molar-refractivity contribution in [1.29, 1.82) is 5.26 Å². The van der Waals surface area contributed by atoms with Gasteiger partial charge in [0.1, 0.15) is 24.0 Å². The van der Waals surface area contributed by atoms with Crippen LogP contribution in [0, 0.1) is 25.2 Å². The Morgan fingerprint density at radius 1 is 1.21 bits per heavy atom. The Morgan fingerprint density at radius 3 is 2.58 bits per heavy atom. The van der Waals surface area contributed by atoms with Gasteiger partial charge in [-0.15, -0.1) is 0 Å². The molecule has 1 aliphatic heterocycles. The molecule has 0 saturated heterocycles. The van der Waals surface area contributed by atoms with Crippen LogP contribution in [-0.2, 0) is 19.5 Å². The van der Waals surface area contributed by atoms with E-state index in [1.54, 1.807) is 0 Å². The van der Waals surface area contributed by atoms with Crippen LogP contribution < -0.4 is 16.0 Å². The quantitative estimate of drug-likeness (QED) is 0.854. The lowest BCUT2D eigenvalue weighted by Gasteiger charge is -2.12. The topological polar surface area (TPSA) is 77.0 Å². The average molecular weight is 325 g/mol. The van der Waals surface area contributed by atoms with Crippen molar-refractivity contribution in [1.82, 2.24) is 9.13 Å². The normalized spacial score (nSPS) is 12.7. The fraction of sp³-hybridized carbons (Fsp3) is 0.389. The van der Waals surface area contributed by atoms with Crippen LogP contribution in [0.4, 0.5) is 0 Å². The molecule has 0 atom stereocenters. The summed E-state index contributed by atoms with van der Waals surface area (Å²) in [6.07, 6.45) is 1.39. The lowest BCUT2D eigenvalue weighted by molar-refractivity contribution is 0.291. The van der Waals surface area contributed by atoms with E-state index in [0.29, 0.717) is 24.4 Å². The second kappa shape index (κ2) is 6.36. The molecule has 0 radical (unpaired) electrons. The number of aromatic nitrogens is 2. The minimum atomic E-state index is -0.514. The molecule has 0 N–H and O–H groups in total. The van der Waals surface area contributed by atoms with Gasteiger partial charge in [0, 0.05) is 12.2 Å². The molecule has 24 heavy (non-hydrogen) atoms. The lowest BCUT2D eigenvalue weighted by Crippen LogP contribution is -2.42. The van der Waals surface area contributed by atoms with Gasteiger partial charge in [-0.3, -0.25) is 13.9 Å². The molecule has 0 saturated carbocycles. The highest BCUT2D eigenvalue weighted by Gasteiger charge is 2.22. The smallest absolute Gasteiger partial charge is 0.331 e. The first-order valence-electron chi connectivity index (χ1n) is 7.99. The summed E-state index contributed by atoms with van der Waals surface area (Å²) in [5.74, 6) is 0.710. The van der Waals surface area contributed by atoms with E-state index in [-0.39, 0.29) is 24.4 Å². The second-order valence-electron chi connectivity index (χ2n) is 6.10. The molecule has 2 aromatic rings. The fourth-order valence-electron chi connectivity index (χ4n) is 3.22. The Hall–Kier alpha value is -2.81. The maximum Gasteiger partial charge on any atom is 0.331 e.